The second-order valence-electron chi connectivity index (χ2n) is 5.51. The molecule has 0 amide bonds. The van der Waals surface area contributed by atoms with Crippen LogP contribution in [0.4, 0.5) is 5.69 Å². The molecule has 1 aromatic carbocycles. The van der Waals surface area contributed by atoms with E-state index in [4.69, 9.17) is 9.47 Å². The number of halogens is 1. The first kappa shape index (κ1) is 14.5. The molecule has 2 heterocycles. The summed E-state index contributed by atoms with van der Waals surface area (Å²) < 4.78 is 12.6. The summed E-state index contributed by atoms with van der Waals surface area (Å²) in [5.41, 5.74) is 1.18. The number of methoxy groups -OCH3 is 1. The van der Waals surface area contributed by atoms with Gasteiger partial charge < -0.3 is 14.8 Å². The fourth-order valence-corrected chi connectivity index (χ4v) is 4.77. The highest BCUT2D eigenvalue weighted by Crippen LogP contribution is 2.39. The number of nitrogens with one attached hydrogen (secondary N) is 1. The van der Waals surface area contributed by atoms with Crippen LogP contribution in [0.1, 0.15) is 19.3 Å². The van der Waals surface area contributed by atoms with Gasteiger partial charge in [-0.15, -0.1) is 0 Å². The number of hydrogen-bond acceptors (Lipinski definition) is 4. The van der Waals surface area contributed by atoms with Crippen LogP contribution in [0, 0.1) is 0 Å². The SMILES string of the molecule is COc1ccc(Br)cc1NC1CCOC2(CCSC2)C1. The molecule has 2 unspecified atom stereocenters. The van der Waals surface area contributed by atoms with Gasteiger partial charge in [0.2, 0.25) is 0 Å². The molecule has 2 fully saturated rings. The molecule has 0 bridgehead atoms. The molecule has 3 rings (SSSR count). The van der Waals surface area contributed by atoms with Crippen molar-refractivity contribution in [1.29, 1.82) is 0 Å². The predicted octanol–water partition coefficient (Wildman–Crippen LogP) is 3.92. The zero-order chi connectivity index (χ0) is 14.0. The van der Waals surface area contributed by atoms with E-state index in [1.165, 1.54) is 12.2 Å². The summed E-state index contributed by atoms with van der Waals surface area (Å²) in [6, 6.07) is 6.55. The Morgan fingerprint density at radius 2 is 2.40 bits per heavy atom. The molecule has 5 heteroatoms. The third-order valence-electron chi connectivity index (χ3n) is 4.08. The Balaban J connectivity index is 1.72. The molecule has 110 valence electrons. The molecular weight excluding hydrogens is 338 g/mol. The number of hydrogen-bond donors (Lipinski definition) is 1. The molecule has 1 aromatic rings. The van der Waals surface area contributed by atoms with Gasteiger partial charge in [-0.25, -0.2) is 0 Å². The Hall–Kier alpha value is -0.390. The van der Waals surface area contributed by atoms with Crippen molar-refractivity contribution in [2.75, 3.05) is 30.5 Å². The first-order chi connectivity index (χ1) is 9.71. The monoisotopic (exact) mass is 357 g/mol. The third-order valence-corrected chi connectivity index (χ3v) is 5.80. The summed E-state index contributed by atoms with van der Waals surface area (Å²) in [6.07, 6.45) is 3.34. The van der Waals surface area contributed by atoms with Gasteiger partial charge in [0, 0.05) is 22.9 Å². The second kappa shape index (κ2) is 6.16. The van der Waals surface area contributed by atoms with Gasteiger partial charge >= 0.3 is 0 Å². The van der Waals surface area contributed by atoms with Gasteiger partial charge in [-0.2, -0.15) is 11.8 Å². The molecular formula is C15H20BrNO2S. The van der Waals surface area contributed by atoms with E-state index in [-0.39, 0.29) is 5.60 Å². The maximum absolute atomic E-state index is 6.07. The minimum atomic E-state index is 0.111. The van der Waals surface area contributed by atoms with E-state index < -0.39 is 0 Å². The number of anilines is 1. The number of thioether (sulfide) groups is 1. The van der Waals surface area contributed by atoms with Crippen molar-refractivity contribution < 1.29 is 9.47 Å². The largest absolute Gasteiger partial charge is 0.495 e. The molecule has 3 nitrogen and oxygen atoms in total. The van der Waals surface area contributed by atoms with Crippen molar-refractivity contribution in [3.8, 4) is 5.75 Å². The summed E-state index contributed by atoms with van der Waals surface area (Å²) >= 11 is 5.54. The topological polar surface area (TPSA) is 30.5 Å². The van der Waals surface area contributed by atoms with E-state index in [1.807, 2.05) is 23.9 Å². The normalized spacial score (nSPS) is 29.6. The minimum absolute atomic E-state index is 0.111. The average molecular weight is 358 g/mol. The van der Waals surface area contributed by atoms with E-state index in [1.54, 1.807) is 7.11 Å². The van der Waals surface area contributed by atoms with Gasteiger partial charge in [0.15, 0.2) is 0 Å². The number of ether oxygens (including phenoxy) is 2. The lowest BCUT2D eigenvalue weighted by Gasteiger charge is -2.38. The van der Waals surface area contributed by atoms with Crippen molar-refractivity contribution in [2.45, 2.75) is 30.9 Å². The van der Waals surface area contributed by atoms with Crippen molar-refractivity contribution in [3.63, 3.8) is 0 Å². The van der Waals surface area contributed by atoms with Gasteiger partial charge in [0.25, 0.3) is 0 Å². The van der Waals surface area contributed by atoms with E-state index in [9.17, 15) is 0 Å². The predicted molar refractivity (Wildman–Crippen MR) is 88.0 cm³/mol. The lowest BCUT2D eigenvalue weighted by Crippen LogP contribution is -2.44. The molecule has 2 aliphatic rings. The van der Waals surface area contributed by atoms with Gasteiger partial charge in [-0.3, -0.25) is 0 Å². The van der Waals surface area contributed by atoms with Crippen LogP contribution in [-0.2, 0) is 4.74 Å². The fourth-order valence-electron chi connectivity index (χ4n) is 3.03. The molecule has 20 heavy (non-hydrogen) atoms. The zero-order valence-corrected chi connectivity index (χ0v) is 14.1. The summed E-state index contributed by atoms with van der Waals surface area (Å²) in [6.45, 7) is 0.856. The quantitative estimate of drug-likeness (QED) is 0.887. The molecule has 1 spiro atoms. The summed E-state index contributed by atoms with van der Waals surface area (Å²) in [7, 11) is 1.72. The Bertz CT molecular complexity index is 477. The van der Waals surface area contributed by atoms with Gasteiger partial charge in [0.05, 0.1) is 18.4 Å². The highest BCUT2D eigenvalue weighted by atomic mass is 79.9. The molecule has 0 radical (unpaired) electrons. The minimum Gasteiger partial charge on any atom is -0.495 e. The number of benzene rings is 1. The standard InChI is InChI=1S/C15H20BrNO2S/c1-18-14-3-2-11(16)8-13(14)17-12-4-6-19-15(9-12)5-7-20-10-15/h2-3,8,12,17H,4-7,9-10H2,1H3. The van der Waals surface area contributed by atoms with Crippen LogP contribution in [0.2, 0.25) is 0 Å². The fraction of sp³-hybridized carbons (Fsp3) is 0.600. The molecule has 0 aliphatic carbocycles. The molecule has 2 atom stereocenters. The lowest BCUT2D eigenvalue weighted by atomic mass is 9.89. The highest BCUT2D eigenvalue weighted by Gasteiger charge is 2.40. The van der Waals surface area contributed by atoms with Gasteiger partial charge in [-0.1, -0.05) is 15.9 Å². The number of rotatable bonds is 3. The maximum Gasteiger partial charge on any atom is 0.142 e. The Kier molecular flexibility index (Phi) is 4.48. The van der Waals surface area contributed by atoms with Crippen LogP contribution in [0.3, 0.4) is 0 Å². The van der Waals surface area contributed by atoms with Crippen molar-refractivity contribution in [1.82, 2.24) is 0 Å². The Labute approximate surface area is 132 Å². The van der Waals surface area contributed by atoms with E-state index in [0.717, 1.165) is 41.1 Å². The molecule has 2 aliphatic heterocycles. The van der Waals surface area contributed by atoms with E-state index in [2.05, 4.69) is 27.3 Å². The Morgan fingerprint density at radius 1 is 1.50 bits per heavy atom. The molecule has 1 N–H and O–H groups in total. The van der Waals surface area contributed by atoms with Crippen LogP contribution >= 0.6 is 27.7 Å². The van der Waals surface area contributed by atoms with Crippen LogP contribution in [0.25, 0.3) is 0 Å². The van der Waals surface area contributed by atoms with E-state index >= 15 is 0 Å². The van der Waals surface area contributed by atoms with Crippen LogP contribution in [0.15, 0.2) is 22.7 Å². The average Bonchev–Trinajstić information content (AvgIpc) is 2.87. The highest BCUT2D eigenvalue weighted by molar-refractivity contribution is 9.10. The Morgan fingerprint density at radius 3 is 3.15 bits per heavy atom. The van der Waals surface area contributed by atoms with Gasteiger partial charge in [0.1, 0.15) is 5.75 Å². The van der Waals surface area contributed by atoms with Crippen molar-refractivity contribution >= 4 is 33.4 Å². The van der Waals surface area contributed by atoms with Crippen molar-refractivity contribution in [2.24, 2.45) is 0 Å². The van der Waals surface area contributed by atoms with Crippen LogP contribution in [-0.4, -0.2) is 36.9 Å². The second-order valence-corrected chi connectivity index (χ2v) is 7.53. The molecule has 2 saturated heterocycles. The summed E-state index contributed by atoms with van der Waals surface area (Å²) in [5, 5.41) is 3.65. The van der Waals surface area contributed by atoms with Gasteiger partial charge in [-0.05, 0) is 43.2 Å². The summed E-state index contributed by atoms with van der Waals surface area (Å²) in [5.74, 6) is 3.27. The zero-order valence-electron chi connectivity index (χ0n) is 11.7. The first-order valence-corrected chi connectivity index (χ1v) is 8.97. The third kappa shape index (κ3) is 3.10. The smallest absolute Gasteiger partial charge is 0.142 e. The first-order valence-electron chi connectivity index (χ1n) is 7.03. The molecule has 0 saturated carbocycles. The van der Waals surface area contributed by atoms with Crippen LogP contribution in [0.5, 0.6) is 5.75 Å². The molecule has 0 aromatic heterocycles. The van der Waals surface area contributed by atoms with Crippen molar-refractivity contribution in [3.05, 3.63) is 22.7 Å². The van der Waals surface area contributed by atoms with Crippen LogP contribution < -0.4 is 10.1 Å². The van der Waals surface area contributed by atoms with E-state index in [0.29, 0.717) is 6.04 Å². The summed E-state index contributed by atoms with van der Waals surface area (Å²) in [4.78, 5) is 0. The lowest BCUT2D eigenvalue weighted by molar-refractivity contribution is -0.0628. The maximum atomic E-state index is 6.07.